The zero-order valence-corrected chi connectivity index (χ0v) is 19.3. The number of nitrogens with zero attached hydrogens (tertiary/aromatic N) is 3. The molecular weight excluding hydrogens is 495 g/mol. The Balaban J connectivity index is 1.47. The van der Waals surface area contributed by atoms with Gasteiger partial charge in [0.1, 0.15) is 11.6 Å². The molecule has 0 aliphatic rings. The van der Waals surface area contributed by atoms with Gasteiger partial charge < -0.3 is 14.7 Å². The average Bonchev–Trinajstić information content (AvgIpc) is 3.35. The van der Waals surface area contributed by atoms with Gasteiger partial charge >= 0.3 is 12.2 Å². The normalized spacial score (nSPS) is 11.4. The topological polar surface area (TPSA) is 71.3 Å². The zero-order valence-electron chi connectivity index (χ0n) is 19.3. The number of nitrogens with one attached hydrogen (secondary N) is 1. The van der Waals surface area contributed by atoms with Crippen LogP contribution in [0.2, 0.25) is 0 Å². The minimum Gasteiger partial charge on any atom is -0.339 e. The summed E-state index contributed by atoms with van der Waals surface area (Å²) in [6.07, 6.45) is -3.92. The van der Waals surface area contributed by atoms with Gasteiger partial charge in [-0.3, -0.25) is 0 Å². The van der Waals surface area contributed by atoms with E-state index in [0.29, 0.717) is 12.5 Å². The SMILES string of the molecule is O=C(Nc1ccc(F)cc1F)N(CCc1ccccc1)CCc1nc(-c2cccc(C(F)(F)F)c2)no1. The summed E-state index contributed by atoms with van der Waals surface area (Å²) in [4.78, 5) is 18.5. The van der Waals surface area contributed by atoms with E-state index >= 15 is 0 Å². The van der Waals surface area contributed by atoms with Crippen molar-refractivity contribution in [3.63, 3.8) is 0 Å². The lowest BCUT2D eigenvalue weighted by molar-refractivity contribution is -0.137. The number of amides is 2. The van der Waals surface area contributed by atoms with Crippen molar-refractivity contribution in [2.45, 2.75) is 19.0 Å². The first-order valence-corrected chi connectivity index (χ1v) is 11.2. The predicted octanol–water partition coefficient (Wildman–Crippen LogP) is 6.35. The van der Waals surface area contributed by atoms with E-state index in [2.05, 4.69) is 15.5 Å². The van der Waals surface area contributed by atoms with Crippen LogP contribution in [0, 0.1) is 11.6 Å². The molecule has 0 bridgehead atoms. The van der Waals surface area contributed by atoms with Crippen LogP contribution >= 0.6 is 0 Å². The molecule has 6 nitrogen and oxygen atoms in total. The maximum Gasteiger partial charge on any atom is 0.416 e. The summed E-state index contributed by atoms with van der Waals surface area (Å²) in [6.45, 7) is 0.346. The summed E-state index contributed by atoms with van der Waals surface area (Å²) >= 11 is 0. The van der Waals surface area contributed by atoms with Crippen LogP contribution in [0.15, 0.2) is 77.3 Å². The molecule has 0 atom stereocenters. The number of alkyl halides is 3. The highest BCUT2D eigenvalue weighted by Crippen LogP contribution is 2.31. The zero-order chi connectivity index (χ0) is 26.4. The Hall–Kier alpha value is -4.28. The summed E-state index contributed by atoms with van der Waals surface area (Å²) in [5.41, 5.74) is 0.0852. The number of carbonyl (C=O) groups excluding carboxylic acids is 1. The Bertz CT molecular complexity index is 1360. The Morgan fingerprint density at radius 1 is 0.919 bits per heavy atom. The van der Waals surface area contributed by atoms with Crippen molar-refractivity contribution in [1.29, 1.82) is 0 Å². The highest BCUT2D eigenvalue weighted by atomic mass is 19.4. The van der Waals surface area contributed by atoms with Gasteiger partial charge in [-0.05, 0) is 36.2 Å². The van der Waals surface area contributed by atoms with Crippen LogP contribution in [0.5, 0.6) is 0 Å². The number of benzene rings is 3. The molecular formula is C26H21F5N4O2. The Morgan fingerprint density at radius 3 is 2.41 bits per heavy atom. The summed E-state index contributed by atoms with van der Waals surface area (Å²) < 4.78 is 71.5. The van der Waals surface area contributed by atoms with Crippen LogP contribution < -0.4 is 5.32 Å². The molecule has 0 spiro atoms. The van der Waals surface area contributed by atoms with Crippen LogP contribution in [0.3, 0.4) is 0 Å². The molecule has 0 fully saturated rings. The molecule has 0 unspecified atom stereocenters. The lowest BCUT2D eigenvalue weighted by atomic mass is 10.1. The first-order chi connectivity index (χ1) is 17.7. The highest BCUT2D eigenvalue weighted by Gasteiger charge is 2.30. The lowest BCUT2D eigenvalue weighted by Gasteiger charge is -2.23. The van der Waals surface area contributed by atoms with Crippen molar-refractivity contribution >= 4 is 11.7 Å². The molecule has 0 aliphatic carbocycles. The van der Waals surface area contributed by atoms with Crippen molar-refractivity contribution < 1.29 is 31.3 Å². The number of rotatable bonds is 8. The van der Waals surface area contributed by atoms with Gasteiger partial charge in [0.05, 0.1) is 11.3 Å². The first kappa shape index (κ1) is 25.8. The number of aromatic nitrogens is 2. The van der Waals surface area contributed by atoms with Gasteiger partial charge in [-0.15, -0.1) is 0 Å². The van der Waals surface area contributed by atoms with Crippen LogP contribution in [0.1, 0.15) is 17.0 Å². The lowest BCUT2D eigenvalue weighted by Crippen LogP contribution is -2.38. The van der Waals surface area contributed by atoms with E-state index in [4.69, 9.17) is 4.52 Å². The van der Waals surface area contributed by atoms with Crippen molar-refractivity contribution in [2.24, 2.45) is 0 Å². The molecule has 1 aromatic heterocycles. The molecule has 37 heavy (non-hydrogen) atoms. The summed E-state index contributed by atoms with van der Waals surface area (Å²) in [5, 5.41) is 6.19. The van der Waals surface area contributed by atoms with E-state index < -0.39 is 29.4 Å². The molecule has 0 saturated heterocycles. The fourth-order valence-electron chi connectivity index (χ4n) is 3.55. The third-order valence-corrected chi connectivity index (χ3v) is 5.48. The number of hydrogen-bond donors (Lipinski definition) is 1. The molecule has 11 heteroatoms. The second-order valence-electron chi connectivity index (χ2n) is 8.12. The fraction of sp³-hybridized carbons (Fsp3) is 0.192. The predicted molar refractivity (Wildman–Crippen MR) is 126 cm³/mol. The largest absolute Gasteiger partial charge is 0.416 e. The molecule has 3 aromatic carbocycles. The monoisotopic (exact) mass is 516 g/mol. The van der Waals surface area contributed by atoms with Gasteiger partial charge in [0.25, 0.3) is 0 Å². The maximum atomic E-state index is 14.1. The van der Waals surface area contributed by atoms with E-state index in [1.165, 1.54) is 17.0 Å². The molecule has 4 aromatic rings. The van der Waals surface area contributed by atoms with Crippen molar-refractivity contribution in [1.82, 2.24) is 15.0 Å². The first-order valence-electron chi connectivity index (χ1n) is 11.2. The number of hydrogen-bond acceptors (Lipinski definition) is 4. The third kappa shape index (κ3) is 6.90. The molecule has 0 saturated carbocycles. The number of urea groups is 1. The van der Waals surface area contributed by atoms with Crippen LogP contribution in [0.4, 0.5) is 32.4 Å². The van der Waals surface area contributed by atoms with Crippen LogP contribution in [-0.4, -0.2) is 34.2 Å². The van der Waals surface area contributed by atoms with E-state index in [9.17, 15) is 26.7 Å². The van der Waals surface area contributed by atoms with Gasteiger partial charge in [-0.2, -0.15) is 18.2 Å². The molecule has 1 N–H and O–H groups in total. The third-order valence-electron chi connectivity index (χ3n) is 5.48. The van der Waals surface area contributed by atoms with Gasteiger partial charge in [0, 0.05) is 31.1 Å². The second-order valence-corrected chi connectivity index (χ2v) is 8.12. The Morgan fingerprint density at radius 2 is 1.68 bits per heavy atom. The molecule has 1 heterocycles. The molecule has 0 aliphatic heterocycles. The number of carbonyl (C=O) groups is 1. The van der Waals surface area contributed by atoms with Crippen LogP contribution in [0.25, 0.3) is 11.4 Å². The van der Waals surface area contributed by atoms with E-state index in [-0.39, 0.29) is 42.5 Å². The standard InChI is InChI=1S/C26H21F5N4O2/c27-20-9-10-22(21(28)16-20)32-25(36)35(13-11-17-5-2-1-3-6-17)14-12-23-33-24(34-37-23)18-7-4-8-19(15-18)26(29,30)31/h1-10,15-16H,11-14H2,(H,32,36). The molecule has 2 amide bonds. The smallest absolute Gasteiger partial charge is 0.339 e. The maximum absolute atomic E-state index is 14.1. The Labute approximate surface area is 208 Å². The van der Waals surface area contributed by atoms with Gasteiger partial charge in [-0.1, -0.05) is 47.6 Å². The number of anilines is 1. The van der Waals surface area contributed by atoms with Gasteiger partial charge in [-0.25, -0.2) is 13.6 Å². The minimum absolute atomic E-state index is 0.0187. The van der Waals surface area contributed by atoms with Gasteiger partial charge in [0.15, 0.2) is 0 Å². The highest BCUT2D eigenvalue weighted by molar-refractivity contribution is 5.89. The fourth-order valence-corrected chi connectivity index (χ4v) is 3.55. The molecule has 4 rings (SSSR count). The van der Waals surface area contributed by atoms with Crippen molar-refractivity contribution in [2.75, 3.05) is 18.4 Å². The molecule has 0 radical (unpaired) electrons. The van der Waals surface area contributed by atoms with E-state index in [1.54, 1.807) is 0 Å². The summed E-state index contributed by atoms with van der Waals surface area (Å²) in [6, 6.07) is 16.1. The average molecular weight is 516 g/mol. The summed E-state index contributed by atoms with van der Waals surface area (Å²) in [7, 11) is 0. The van der Waals surface area contributed by atoms with E-state index in [0.717, 1.165) is 29.8 Å². The van der Waals surface area contributed by atoms with Crippen molar-refractivity contribution in [3.8, 4) is 11.4 Å². The molecule has 192 valence electrons. The van der Waals surface area contributed by atoms with Crippen LogP contribution in [-0.2, 0) is 19.0 Å². The van der Waals surface area contributed by atoms with E-state index in [1.807, 2.05) is 30.3 Å². The minimum atomic E-state index is -4.51. The van der Waals surface area contributed by atoms with Crippen molar-refractivity contribution in [3.05, 3.63) is 101 Å². The summed E-state index contributed by atoms with van der Waals surface area (Å²) in [5.74, 6) is -1.60. The quantitative estimate of drug-likeness (QED) is 0.277. The number of halogens is 5. The Kier molecular flexibility index (Phi) is 7.80. The van der Waals surface area contributed by atoms with Gasteiger partial charge in [0.2, 0.25) is 11.7 Å². The second kappa shape index (κ2) is 11.2.